The van der Waals surface area contributed by atoms with Crippen LogP contribution in [0.5, 0.6) is 0 Å². The van der Waals surface area contributed by atoms with E-state index in [0.29, 0.717) is 6.54 Å². The summed E-state index contributed by atoms with van der Waals surface area (Å²) < 4.78 is 0. The highest BCUT2D eigenvalue weighted by molar-refractivity contribution is 5.91. The summed E-state index contributed by atoms with van der Waals surface area (Å²) in [5, 5.41) is 11.2. The van der Waals surface area contributed by atoms with Gasteiger partial charge >= 0.3 is 0 Å². The minimum atomic E-state index is 0.140. The predicted molar refractivity (Wildman–Crippen MR) is 62.1 cm³/mol. The van der Waals surface area contributed by atoms with Crippen LogP contribution in [0, 0.1) is 0 Å². The van der Waals surface area contributed by atoms with Gasteiger partial charge in [0.15, 0.2) is 0 Å². The fraction of sp³-hybridized carbons (Fsp3) is 0.250. The lowest BCUT2D eigenvalue weighted by atomic mass is 10.1. The lowest BCUT2D eigenvalue weighted by Crippen LogP contribution is -2.22. The summed E-state index contributed by atoms with van der Waals surface area (Å²) in [4.78, 5) is 6.30. The highest BCUT2D eigenvalue weighted by Gasteiger charge is 2.05. The zero-order valence-electron chi connectivity index (χ0n) is 8.72. The Balaban J connectivity index is 2.50. The SMILES string of the molecule is CN(CCO)c1nccc2ccccc12. The second-order valence-electron chi connectivity index (χ2n) is 3.50. The third-order valence-corrected chi connectivity index (χ3v) is 2.45. The molecule has 78 valence electrons. The third kappa shape index (κ3) is 1.92. The van der Waals surface area contributed by atoms with Crippen molar-refractivity contribution in [3.05, 3.63) is 36.5 Å². The summed E-state index contributed by atoms with van der Waals surface area (Å²) in [5.41, 5.74) is 0. The van der Waals surface area contributed by atoms with Crippen molar-refractivity contribution in [2.24, 2.45) is 0 Å². The fourth-order valence-corrected chi connectivity index (χ4v) is 1.66. The molecule has 0 aliphatic carbocycles. The van der Waals surface area contributed by atoms with Crippen LogP contribution >= 0.6 is 0 Å². The second kappa shape index (κ2) is 4.28. The summed E-state index contributed by atoms with van der Waals surface area (Å²) in [7, 11) is 1.94. The van der Waals surface area contributed by atoms with E-state index in [1.807, 2.05) is 36.2 Å². The minimum absolute atomic E-state index is 0.140. The van der Waals surface area contributed by atoms with E-state index in [9.17, 15) is 0 Å². The summed E-state index contributed by atoms with van der Waals surface area (Å²) in [6.45, 7) is 0.739. The lowest BCUT2D eigenvalue weighted by Gasteiger charge is -2.18. The highest BCUT2D eigenvalue weighted by Crippen LogP contribution is 2.22. The monoisotopic (exact) mass is 202 g/mol. The molecule has 2 rings (SSSR count). The van der Waals surface area contributed by atoms with Crippen molar-refractivity contribution in [2.75, 3.05) is 25.1 Å². The molecule has 0 amide bonds. The first-order valence-corrected chi connectivity index (χ1v) is 4.98. The van der Waals surface area contributed by atoms with Crippen LogP contribution in [-0.4, -0.2) is 30.3 Å². The maximum atomic E-state index is 8.90. The van der Waals surface area contributed by atoms with Crippen molar-refractivity contribution in [2.45, 2.75) is 0 Å². The van der Waals surface area contributed by atoms with Crippen LogP contribution in [0.1, 0.15) is 0 Å². The van der Waals surface area contributed by atoms with Gasteiger partial charge in [-0.05, 0) is 11.5 Å². The molecule has 0 aliphatic rings. The number of aliphatic hydroxyl groups is 1. The van der Waals surface area contributed by atoms with E-state index in [0.717, 1.165) is 11.2 Å². The number of benzene rings is 1. The zero-order chi connectivity index (χ0) is 10.7. The summed E-state index contributed by atoms with van der Waals surface area (Å²) in [6.07, 6.45) is 1.80. The van der Waals surface area contributed by atoms with Gasteiger partial charge in [-0.1, -0.05) is 24.3 Å². The van der Waals surface area contributed by atoms with Crippen molar-refractivity contribution in [3.63, 3.8) is 0 Å². The first-order chi connectivity index (χ1) is 7.33. The maximum Gasteiger partial charge on any atom is 0.136 e. The van der Waals surface area contributed by atoms with Crippen LogP contribution < -0.4 is 4.90 Å². The molecule has 0 bridgehead atoms. The molecule has 0 radical (unpaired) electrons. The average Bonchev–Trinajstić information content (AvgIpc) is 2.28. The van der Waals surface area contributed by atoms with Crippen LogP contribution in [-0.2, 0) is 0 Å². The number of aromatic nitrogens is 1. The Bertz CT molecular complexity index is 451. The number of rotatable bonds is 3. The lowest BCUT2D eigenvalue weighted by molar-refractivity contribution is 0.304. The van der Waals surface area contributed by atoms with E-state index in [-0.39, 0.29) is 6.61 Å². The smallest absolute Gasteiger partial charge is 0.136 e. The van der Waals surface area contributed by atoms with Crippen LogP contribution in [0.15, 0.2) is 36.5 Å². The quantitative estimate of drug-likeness (QED) is 0.822. The molecule has 1 aromatic heterocycles. The predicted octanol–water partition coefficient (Wildman–Crippen LogP) is 1.66. The van der Waals surface area contributed by atoms with E-state index in [4.69, 9.17) is 5.11 Å². The summed E-state index contributed by atoms with van der Waals surface area (Å²) in [5.74, 6) is 0.919. The Morgan fingerprint density at radius 3 is 2.87 bits per heavy atom. The van der Waals surface area contributed by atoms with Crippen LogP contribution in [0.4, 0.5) is 5.82 Å². The fourth-order valence-electron chi connectivity index (χ4n) is 1.66. The molecule has 2 aromatic rings. The normalized spacial score (nSPS) is 10.5. The van der Waals surface area contributed by atoms with Gasteiger partial charge in [0.2, 0.25) is 0 Å². The molecule has 1 N–H and O–H groups in total. The number of fused-ring (bicyclic) bond motifs is 1. The molecular weight excluding hydrogens is 188 g/mol. The molecule has 3 nitrogen and oxygen atoms in total. The second-order valence-corrected chi connectivity index (χ2v) is 3.50. The molecule has 0 atom stereocenters. The molecule has 1 aromatic carbocycles. The first kappa shape index (κ1) is 9.93. The molecular formula is C12H14N2O. The van der Waals surface area contributed by atoms with Gasteiger partial charge in [-0.3, -0.25) is 0 Å². The molecule has 1 heterocycles. The number of pyridine rings is 1. The standard InChI is InChI=1S/C12H14N2O/c1-14(8-9-15)12-11-5-3-2-4-10(11)6-7-13-12/h2-7,15H,8-9H2,1H3. The molecule has 0 spiro atoms. The van der Waals surface area contributed by atoms with Gasteiger partial charge in [0.05, 0.1) is 6.61 Å². The van der Waals surface area contributed by atoms with Crippen molar-refractivity contribution >= 4 is 16.6 Å². The van der Waals surface area contributed by atoms with E-state index < -0.39 is 0 Å². The number of anilines is 1. The van der Waals surface area contributed by atoms with Gasteiger partial charge in [0, 0.05) is 25.2 Å². The molecule has 0 unspecified atom stereocenters. The van der Waals surface area contributed by atoms with Gasteiger partial charge in [-0.25, -0.2) is 4.98 Å². The van der Waals surface area contributed by atoms with Gasteiger partial charge in [0.25, 0.3) is 0 Å². The van der Waals surface area contributed by atoms with Gasteiger partial charge in [0.1, 0.15) is 5.82 Å². The Morgan fingerprint density at radius 1 is 1.27 bits per heavy atom. The first-order valence-electron chi connectivity index (χ1n) is 4.98. The largest absolute Gasteiger partial charge is 0.395 e. The zero-order valence-corrected chi connectivity index (χ0v) is 8.72. The van der Waals surface area contributed by atoms with Crippen LogP contribution in [0.25, 0.3) is 10.8 Å². The van der Waals surface area contributed by atoms with Crippen molar-refractivity contribution in [1.82, 2.24) is 4.98 Å². The Labute approximate surface area is 89.0 Å². The number of hydrogen-bond donors (Lipinski definition) is 1. The number of likely N-dealkylation sites (N-methyl/N-ethyl adjacent to an activating group) is 1. The van der Waals surface area contributed by atoms with Gasteiger partial charge in [-0.15, -0.1) is 0 Å². The number of nitrogens with zero attached hydrogens (tertiary/aromatic N) is 2. The Hall–Kier alpha value is -1.61. The average molecular weight is 202 g/mol. The van der Waals surface area contributed by atoms with E-state index in [2.05, 4.69) is 11.1 Å². The molecule has 0 aliphatic heterocycles. The van der Waals surface area contributed by atoms with E-state index in [1.54, 1.807) is 6.20 Å². The van der Waals surface area contributed by atoms with Crippen LogP contribution in [0.3, 0.4) is 0 Å². The van der Waals surface area contributed by atoms with Crippen molar-refractivity contribution in [3.8, 4) is 0 Å². The van der Waals surface area contributed by atoms with Gasteiger partial charge < -0.3 is 10.0 Å². The molecule has 0 fully saturated rings. The topological polar surface area (TPSA) is 36.4 Å². The molecule has 0 saturated heterocycles. The minimum Gasteiger partial charge on any atom is -0.395 e. The number of aliphatic hydroxyl groups excluding tert-OH is 1. The molecule has 0 saturated carbocycles. The summed E-state index contributed by atoms with van der Waals surface area (Å²) >= 11 is 0. The van der Waals surface area contributed by atoms with Crippen molar-refractivity contribution in [1.29, 1.82) is 0 Å². The van der Waals surface area contributed by atoms with E-state index >= 15 is 0 Å². The van der Waals surface area contributed by atoms with Crippen LogP contribution in [0.2, 0.25) is 0 Å². The summed E-state index contributed by atoms with van der Waals surface area (Å²) in [6, 6.07) is 10.1. The van der Waals surface area contributed by atoms with E-state index in [1.165, 1.54) is 5.39 Å². The van der Waals surface area contributed by atoms with Gasteiger partial charge in [-0.2, -0.15) is 0 Å². The maximum absolute atomic E-state index is 8.90. The Morgan fingerprint density at radius 2 is 2.07 bits per heavy atom. The highest BCUT2D eigenvalue weighted by atomic mass is 16.3. The Kier molecular flexibility index (Phi) is 2.83. The molecule has 15 heavy (non-hydrogen) atoms. The number of hydrogen-bond acceptors (Lipinski definition) is 3. The third-order valence-electron chi connectivity index (χ3n) is 2.45. The molecule has 3 heteroatoms. The van der Waals surface area contributed by atoms with Crippen molar-refractivity contribution < 1.29 is 5.11 Å².